The van der Waals surface area contributed by atoms with Crippen LogP contribution in [0.25, 0.3) is 0 Å². The molecule has 58 valence electrons. The number of hydrogen-bond donors (Lipinski definition) is 1. The molecule has 1 N–H and O–H groups in total. The maximum Gasteiger partial charge on any atom is 0.123 e. The molecule has 0 saturated carbocycles. The highest BCUT2D eigenvalue weighted by molar-refractivity contribution is 9.10. The van der Waals surface area contributed by atoms with Gasteiger partial charge in [0, 0.05) is 10.0 Å². The van der Waals surface area contributed by atoms with E-state index in [1.165, 1.54) is 12.1 Å². The molecule has 0 fully saturated rings. The average molecular weight is 218 g/mol. The van der Waals surface area contributed by atoms with Gasteiger partial charge in [-0.3, -0.25) is 0 Å². The van der Waals surface area contributed by atoms with Gasteiger partial charge >= 0.3 is 0 Å². The zero-order chi connectivity index (χ0) is 8.27. The predicted molar refractivity (Wildman–Crippen MR) is 43.5 cm³/mol. The Hall–Kier alpha value is -0.900. The van der Waals surface area contributed by atoms with Gasteiger partial charge in [0.25, 0.3) is 0 Å². The first-order valence-corrected chi connectivity index (χ1v) is 3.66. The summed E-state index contributed by atoms with van der Waals surface area (Å²) in [6.45, 7) is 0. The quantitative estimate of drug-likeness (QED) is 0.438. The number of halogens is 2. The Labute approximate surface area is 71.5 Å². The second-order valence-electron chi connectivity index (χ2n) is 1.91. The molecule has 0 saturated heterocycles. The van der Waals surface area contributed by atoms with Crippen molar-refractivity contribution in [2.45, 2.75) is 0 Å². The molecular weight excluding hydrogens is 213 g/mol. The Morgan fingerprint density at radius 3 is 2.91 bits per heavy atom. The number of hydrogen-bond acceptors (Lipinski definition) is 2. The van der Waals surface area contributed by atoms with E-state index in [0.29, 0.717) is 10.0 Å². The summed E-state index contributed by atoms with van der Waals surface area (Å²) in [5.41, 5.74) is 0.507. The van der Waals surface area contributed by atoms with E-state index in [1.54, 1.807) is 6.07 Å². The summed E-state index contributed by atoms with van der Waals surface area (Å²) in [6, 6.07) is 4.13. The van der Waals surface area contributed by atoms with Crippen LogP contribution < -0.4 is 0 Å². The van der Waals surface area contributed by atoms with E-state index in [2.05, 4.69) is 21.1 Å². The van der Waals surface area contributed by atoms with Crippen molar-refractivity contribution in [2.24, 2.45) is 5.16 Å². The van der Waals surface area contributed by atoms with Crippen molar-refractivity contribution in [2.75, 3.05) is 0 Å². The Balaban J connectivity index is 3.12. The zero-order valence-corrected chi connectivity index (χ0v) is 7.05. The van der Waals surface area contributed by atoms with Crippen molar-refractivity contribution < 1.29 is 9.60 Å². The smallest absolute Gasteiger partial charge is 0.123 e. The summed E-state index contributed by atoms with van der Waals surface area (Å²) in [6.07, 6.45) is 1.16. The van der Waals surface area contributed by atoms with Crippen LogP contribution in [0.2, 0.25) is 0 Å². The van der Waals surface area contributed by atoms with E-state index in [-0.39, 0.29) is 5.82 Å². The van der Waals surface area contributed by atoms with E-state index in [1.807, 2.05) is 0 Å². The second-order valence-corrected chi connectivity index (χ2v) is 2.76. The normalized spacial score (nSPS) is 10.7. The fourth-order valence-corrected chi connectivity index (χ4v) is 1.02. The summed E-state index contributed by atoms with van der Waals surface area (Å²) in [5, 5.41) is 10.9. The first-order valence-electron chi connectivity index (χ1n) is 2.86. The first kappa shape index (κ1) is 8.20. The number of nitrogens with zero attached hydrogens (tertiary/aromatic N) is 1. The molecule has 2 nitrogen and oxygen atoms in total. The lowest BCUT2D eigenvalue weighted by molar-refractivity contribution is 0.322. The van der Waals surface area contributed by atoms with Gasteiger partial charge in [-0.25, -0.2) is 4.39 Å². The SMILES string of the molecule is O/N=C/c1cc(F)ccc1Br. The lowest BCUT2D eigenvalue weighted by Gasteiger charge is -1.95. The highest BCUT2D eigenvalue weighted by atomic mass is 79.9. The lowest BCUT2D eigenvalue weighted by atomic mass is 10.2. The van der Waals surface area contributed by atoms with Crippen LogP contribution in [0.4, 0.5) is 4.39 Å². The van der Waals surface area contributed by atoms with Gasteiger partial charge in [-0.2, -0.15) is 0 Å². The summed E-state index contributed by atoms with van der Waals surface area (Å²) < 4.78 is 13.2. The summed E-state index contributed by atoms with van der Waals surface area (Å²) in [4.78, 5) is 0. The van der Waals surface area contributed by atoms with Gasteiger partial charge in [-0.05, 0) is 18.2 Å². The van der Waals surface area contributed by atoms with Crippen LogP contribution in [0.1, 0.15) is 5.56 Å². The van der Waals surface area contributed by atoms with Crippen molar-refractivity contribution in [1.29, 1.82) is 0 Å². The van der Waals surface area contributed by atoms with E-state index < -0.39 is 0 Å². The van der Waals surface area contributed by atoms with Crippen LogP contribution in [0, 0.1) is 5.82 Å². The molecule has 0 heterocycles. The van der Waals surface area contributed by atoms with Gasteiger partial charge < -0.3 is 5.21 Å². The number of benzene rings is 1. The number of oxime groups is 1. The molecule has 0 bridgehead atoms. The standard InChI is InChI=1S/C7H5BrFNO/c8-7-2-1-6(9)3-5(7)4-10-11/h1-4,11H/b10-4+. The van der Waals surface area contributed by atoms with Crippen molar-refractivity contribution >= 4 is 22.1 Å². The highest BCUT2D eigenvalue weighted by Gasteiger charge is 1.97. The van der Waals surface area contributed by atoms with Gasteiger partial charge in [0.1, 0.15) is 5.82 Å². The molecule has 0 unspecified atom stereocenters. The van der Waals surface area contributed by atoms with Gasteiger partial charge in [-0.15, -0.1) is 0 Å². The Bertz CT molecular complexity index is 288. The van der Waals surface area contributed by atoms with Crippen LogP contribution in [-0.4, -0.2) is 11.4 Å². The van der Waals surface area contributed by atoms with Gasteiger partial charge in [0.05, 0.1) is 6.21 Å². The Morgan fingerprint density at radius 1 is 1.55 bits per heavy atom. The third kappa shape index (κ3) is 2.01. The molecule has 0 atom stereocenters. The lowest BCUT2D eigenvalue weighted by Crippen LogP contribution is -1.84. The zero-order valence-electron chi connectivity index (χ0n) is 5.46. The van der Waals surface area contributed by atoms with Gasteiger partial charge in [0.2, 0.25) is 0 Å². The third-order valence-electron chi connectivity index (χ3n) is 1.15. The van der Waals surface area contributed by atoms with Crippen LogP contribution >= 0.6 is 15.9 Å². The van der Waals surface area contributed by atoms with Crippen molar-refractivity contribution in [3.8, 4) is 0 Å². The summed E-state index contributed by atoms with van der Waals surface area (Å²) in [5.74, 6) is -0.358. The summed E-state index contributed by atoms with van der Waals surface area (Å²) in [7, 11) is 0. The Morgan fingerprint density at radius 2 is 2.27 bits per heavy atom. The van der Waals surface area contributed by atoms with E-state index in [4.69, 9.17) is 5.21 Å². The van der Waals surface area contributed by atoms with E-state index >= 15 is 0 Å². The molecule has 1 aromatic carbocycles. The molecular formula is C7H5BrFNO. The Kier molecular flexibility index (Phi) is 2.59. The van der Waals surface area contributed by atoms with Gasteiger partial charge in [0.15, 0.2) is 0 Å². The van der Waals surface area contributed by atoms with E-state index in [9.17, 15) is 4.39 Å². The fraction of sp³-hybridized carbons (Fsp3) is 0. The monoisotopic (exact) mass is 217 g/mol. The molecule has 11 heavy (non-hydrogen) atoms. The predicted octanol–water partition coefficient (Wildman–Crippen LogP) is 2.40. The molecule has 0 aliphatic carbocycles. The van der Waals surface area contributed by atoms with Crippen molar-refractivity contribution in [3.63, 3.8) is 0 Å². The van der Waals surface area contributed by atoms with Crippen molar-refractivity contribution in [3.05, 3.63) is 34.1 Å². The topological polar surface area (TPSA) is 32.6 Å². The van der Waals surface area contributed by atoms with Crippen LogP contribution in [0.15, 0.2) is 27.8 Å². The molecule has 0 aromatic heterocycles. The van der Waals surface area contributed by atoms with Crippen LogP contribution in [0.5, 0.6) is 0 Å². The third-order valence-corrected chi connectivity index (χ3v) is 1.88. The minimum atomic E-state index is -0.358. The number of rotatable bonds is 1. The van der Waals surface area contributed by atoms with Gasteiger partial charge in [-0.1, -0.05) is 21.1 Å². The molecule has 1 aromatic rings. The average Bonchev–Trinajstić information content (AvgIpc) is 1.98. The minimum absolute atomic E-state index is 0.358. The second kappa shape index (κ2) is 3.48. The molecule has 4 heteroatoms. The molecule has 0 radical (unpaired) electrons. The molecule has 0 amide bonds. The summed E-state index contributed by atoms with van der Waals surface area (Å²) >= 11 is 3.16. The molecule has 0 aliphatic rings. The first-order chi connectivity index (χ1) is 5.24. The van der Waals surface area contributed by atoms with Crippen LogP contribution in [-0.2, 0) is 0 Å². The fourth-order valence-electron chi connectivity index (χ4n) is 0.676. The molecule has 0 spiro atoms. The maximum atomic E-state index is 12.5. The maximum absolute atomic E-state index is 12.5. The van der Waals surface area contributed by atoms with Crippen molar-refractivity contribution in [1.82, 2.24) is 0 Å². The van der Waals surface area contributed by atoms with Crippen LogP contribution in [0.3, 0.4) is 0 Å². The molecule has 1 rings (SSSR count). The highest BCUT2D eigenvalue weighted by Crippen LogP contribution is 2.15. The largest absolute Gasteiger partial charge is 0.411 e. The minimum Gasteiger partial charge on any atom is -0.411 e. The van der Waals surface area contributed by atoms with E-state index in [0.717, 1.165) is 6.21 Å². The molecule has 0 aliphatic heterocycles.